The van der Waals surface area contributed by atoms with Gasteiger partial charge in [0.1, 0.15) is 0 Å². The lowest BCUT2D eigenvalue weighted by molar-refractivity contribution is -0.648. The second-order valence-electron chi connectivity index (χ2n) is 5.51. The van der Waals surface area contributed by atoms with Crippen LogP contribution in [0.4, 0.5) is 5.95 Å². The number of aryl methyl sites for hydroxylation is 1. The summed E-state index contributed by atoms with van der Waals surface area (Å²) in [7, 11) is 1.69. The number of nitrogens with zero attached hydrogens (tertiary/aromatic N) is 4. The molecule has 118 valence electrons. The molecule has 3 rings (SSSR count). The average molecular weight is 303 g/mol. The third-order valence-electron chi connectivity index (χ3n) is 3.99. The molecule has 7 nitrogen and oxygen atoms in total. The van der Waals surface area contributed by atoms with Gasteiger partial charge in [-0.05, 0) is 6.42 Å². The van der Waals surface area contributed by atoms with Crippen LogP contribution in [0.3, 0.4) is 0 Å². The van der Waals surface area contributed by atoms with E-state index in [9.17, 15) is 4.79 Å². The topological polar surface area (TPSA) is 69.8 Å². The molecule has 0 saturated carbocycles. The second kappa shape index (κ2) is 6.31. The Labute approximate surface area is 129 Å². The van der Waals surface area contributed by atoms with Gasteiger partial charge in [-0.15, -0.1) is 0 Å². The molecule has 1 fully saturated rings. The number of aromatic amines is 1. The number of allylic oxidation sites excluding steroid dienone is 2. The Bertz CT molecular complexity index is 738. The van der Waals surface area contributed by atoms with Crippen molar-refractivity contribution in [3.63, 3.8) is 0 Å². The van der Waals surface area contributed by atoms with Crippen LogP contribution in [0.5, 0.6) is 0 Å². The Kier molecular flexibility index (Phi) is 4.24. The van der Waals surface area contributed by atoms with Gasteiger partial charge in [-0.1, -0.05) is 19.1 Å². The van der Waals surface area contributed by atoms with Gasteiger partial charge in [-0.3, -0.25) is 9.69 Å². The Hall–Kier alpha value is -2.15. The molecule has 0 aliphatic carbocycles. The molecule has 0 atom stereocenters. The van der Waals surface area contributed by atoms with Gasteiger partial charge in [0.15, 0.2) is 5.52 Å². The van der Waals surface area contributed by atoms with Crippen LogP contribution >= 0.6 is 0 Å². The summed E-state index contributed by atoms with van der Waals surface area (Å²) in [4.78, 5) is 18.2. The van der Waals surface area contributed by atoms with Crippen molar-refractivity contribution >= 4 is 17.0 Å². The van der Waals surface area contributed by atoms with Crippen LogP contribution in [-0.2, 0) is 13.6 Å². The molecular formula is C15H23N6O+. The van der Waals surface area contributed by atoms with Crippen molar-refractivity contribution in [2.24, 2.45) is 7.05 Å². The molecule has 1 aliphatic heterocycles. The fourth-order valence-corrected chi connectivity index (χ4v) is 2.82. The zero-order valence-electron chi connectivity index (χ0n) is 13.2. The maximum atomic E-state index is 12.5. The quantitative estimate of drug-likeness (QED) is 0.612. The highest BCUT2D eigenvalue weighted by Crippen LogP contribution is 2.13. The number of nitrogens with one attached hydrogen (secondary N) is 2. The van der Waals surface area contributed by atoms with E-state index in [2.05, 4.69) is 43.9 Å². The van der Waals surface area contributed by atoms with Gasteiger partial charge in [0.25, 0.3) is 0 Å². The average Bonchev–Trinajstić information content (AvgIpc) is 2.92. The summed E-state index contributed by atoms with van der Waals surface area (Å²) in [5.41, 5.74) is 1.41. The minimum Gasteiger partial charge on any atom is -0.310 e. The number of fused-ring (bicyclic) bond motifs is 1. The largest absolute Gasteiger partial charge is 0.358 e. The molecule has 0 bridgehead atoms. The first-order valence-electron chi connectivity index (χ1n) is 7.81. The van der Waals surface area contributed by atoms with Crippen LogP contribution in [0.1, 0.15) is 13.3 Å². The van der Waals surface area contributed by atoms with Crippen molar-refractivity contribution in [3.8, 4) is 0 Å². The highest BCUT2D eigenvalue weighted by molar-refractivity contribution is 5.70. The van der Waals surface area contributed by atoms with Crippen LogP contribution in [-0.4, -0.2) is 40.9 Å². The van der Waals surface area contributed by atoms with E-state index in [0.29, 0.717) is 12.1 Å². The van der Waals surface area contributed by atoms with E-state index >= 15 is 0 Å². The molecule has 3 heterocycles. The Morgan fingerprint density at radius 2 is 2.14 bits per heavy atom. The third kappa shape index (κ3) is 2.64. The molecule has 1 aliphatic rings. The van der Waals surface area contributed by atoms with E-state index in [4.69, 9.17) is 0 Å². The van der Waals surface area contributed by atoms with Crippen molar-refractivity contribution in [2.75, 3.05) is 31.1 Å². The standard InChI is InChI=1S/C15H22N6O/c1-3-4-5-8-21-13-12(11-17-19(2)14(13)22)18-15(21)20-9-6-16-7-10-20/h4-5,11,16H,3,6-10H2,1-2H3/p+1/b5-4+. The normalized spacial score (nSPS) is 16.0. The molecule has 0 spiro atoms. The number of rotatable bonds is 4. The third-order valence-corrected chi connectivity index (χ3v) is 3.99. The molecule has 0 aromatic carbocycles. The number of piperazine rings is 1. The predicted octanol–water partition coefficient (Wildman–Crippen LogP) is -0.0751. The molecule has 2 N–H and O–H groups in total. The molecule has 1 saturated heterocycles. The van der Waals surface area contributed by atoms with Gasteiger partial charge in [0.05, 0.1) is 25.8 Å². The van der Waals surface area contributed by atoms with Crippen molar-refractivity contribution in [1.82, 2.24) is 20.1 Å². The summed E-state index contributed by atoms with van der Waals surface area (Å²) in [6.07, 6.45) is 6.95. The van der Waals surface area contributed by atoms with E-state index in [0.717, 1.165) is 44.1 Å². The van der Waals surface area contributed by atoms with E-state index in [1.54, 1.807) is 13.2 Å². The van der Waals surface area contributed by atoms with Crippen LogP contribution in [0.15, 0.2) is 23.1 Å². The van der Waals surface area contributed by atoms with Crippen LogP contribution in [0, 0.1) is 0 Å². The maximum absolute atomic E-state index is 12.5. The van der Waals surface area contributed by atoms with Gasteiger partial charge in [0.2, 0.25) is 5.52 Å². The zero-order chi connectivity index (χ0) is 15.5. The molecule has 22 heavy (non-hydrogen) atoms. The summed E-state index contributed by atoms with van der Waals surface area (Å²) in [6.45, 7) is 6.56. The van der Waals surface area contributed by atoms with Gasteiger partial charge >= 0.3 is 11.5 Å². The number of hydrogen-bond donors (Lipinski definition) is 2. The van der Waals surface area contributed by atoms with Gasteiger partial charge in [-0.2, -0.15) is 5.10 Å². The molecule has 0 amide bonds. The Morgan fingerprint density at radius 1 is 1.36 bits per heavy atom. The lowest BCUT2D eigenvalue weighted by Crippen LogP contribution is -2.50. The molecule has 0 radical (unpaired) electrons. The molecule has 7 heteroatoms. The van der Waals surface area contributed by atoms with E-state index in [1.165, 1.54) is 4.68 Å². The summed E-state index contributed by atoms with van der Waals surface area (Å²) in [5.74, 6) is 0.988. The first-order valence-corrected chi connectivity index (χ1v) is 7.81. The molecular weight excluding hydrogens is 280 g/mol. The molecule has 0 unspecified atom stereocenters. The number of anilines is 1. The highest BCUT2D eigenvalue weighted by Gasteiger charge is 2.27. The van der Waals surface area contributed by atoms with Crippen LogP contribution < -0.4 is 20.3 Å². The minimum atomic E-state index is -0.0694. The first-order chi connectivity index (χ1) is 10.7. The van der Waals surface area contributed by atoms with E-state index in [1.807, 2.05) is 0 Å². The van der Waals surface area contributed by atoms with Crippen LogP contribution in [0.2, 0.25) is 0 Å². The number of H-pyrrole nitrogens is 1. The Morgan fingerprint density at radius 3 is 2.86 bits per heavy atom. The second-order valence-corrected chi connectivity index (χ2v) is 5.51. The van der Waals surface area contributed by atoms with Crippen molar-refractivity contribution in [3.05, 3.63) is 28.7 Å². The number of aromatic nitrogens is 4. The summed E-state index contributed by atoms with van der Waals surface area (Å²) in [6, 6.07) is 0. The van der Waals surface area contributed by atoms with E-state index < -0.39 is 0 Å². The summed E-state index contributed by atoms with van der Waals surface area (Å²) in [5, 5.41) is 7.47. The smallest absolute Gasteiger partial charge is 0.310 e. The fourth-order valence-electron chi connectivity index (χ4n) is 2.82. The molecule has 2 aromatic heterocycles. The number of imidazole rings is 1. The highest BCUT2D eigenvalue weighted by atomic mass is 16.1. The summed E-state index contributed by atoms with van der Waals surface area (Å²) >= 11 is 0. The fraction of sp³-hybridized carbons (Fsp3) is 0.533. The minimum absolute atomic E-state index is 0.0694. The van der Waals surface area contributed by atoms with Crippen molar-refractivity contribution in [1.29, 1.82) is 0 Å². The Balaban J connectivity index is 2.13. The van der Waals surface area contributed by atoms with Gasteiger partial charge < -0.3 is 5.32 Å². The molecule has 2 aromatic rings. The van der Waals surface area contributed by atoms with Gasteiger partial charge in [-0.25, -0.2) is 14.2 Å². The van der Waals surface area contributed by atoms with Crippen LogP contribution in [0.25, 0.3) is 11.0 Å². The van der Waals surface area contributed by atoms with E-state index in [-0.39, 0.29) is 5.56 Å². The van der Waals surface area contributed by atoms with Gasteiger partial charge in [0, 0.05) is 20.1 Å². The predicted molar refractivity (Wildman–Crippen MR) is 86.0 cm³/mol. The summed E-state index contributed by atoms with van der Waals surface area (Å²) < 4.78 is 3.45. The first kappa shape index (κ1) is 14.8. The maximum Gasteiger partial charge on any atom is 0.358 e. The zero-order valence-corrected chi connectivity index (χ0v) is 13.2. The SMILES string of the molecule is CC/C=C/C[n+]1c(N2CCNCC2)[nH]c2cnn(C)c(=O)c21. The van der Waals surface area contributed by atoms with Crippen molar-refractivity contribution in [2.45, 2.75) is 19.9 Å². The van der Waals surface area contributed by atoms with Crippen molar-refractivity contribution < 1.29 is 4.57 Å². The lowest BCUT2D eigenvalue weighted by atomic mass is 10.3. The monoisotopic (exact) mass is 303 g/mol. The lowest BCUT2D eigenvalue weighted by Gasteiger charge is -2.22. The number of hydrogen-bond acceptors (Lipinski definition) is 4.